The van der Waals surface area contributed by atoms with Gasteiger partial charge in [0.15, 0.2) is 11.5 Å². The van der Waals surface area contributed by atoms with E-state index in [9.17, 15) is 4.79 Å². The number of nitrogen functional groups attached to an aromatic ring is 1. The zero-order chi connectivity index (χ0) is 28.0. The van der Waals surface area contributed by atoms with Gasteiger partial charge in [-0.2, -0.15) is 0 Å². The molecule has 0 saturated carbocycles. The lowest BCUT2D eigenvalue weighted by molar-refractivity contribution is -0.126. The van der Waals surface area contributed by atoms with Crippen molar-refractivity contribution in [2.75, 3.05) is 12.8 Å². The van der Waals surface area contributed by atoms with Gasteiger partial charge in [0.25, 0.3) is 0 Å². The van der Waals surface area contributed by atoms with Crippen molar-refractivity contribution < 1.29 is 14.3 Å². The average molecular weight is 533 g/mol. The summed E-state index contributed by atoms with van der Waals surface area (Å²) in [5, 5.41) is 0.750. The zero-order valence-electron chi connectivity index (χ0n) is 22.5. The number of hydrogen-bond donors (Lipinski definition) is 1. The first kappa shape index (κ1) is 25.1. The molecule has 0 spiro atoms. The van der Waals surface area contributed by atoms with Crippen LogP contribution in [0.25, 0.3) is 33.4 Å². The van der Waals surface area contributed by atoms with Gasteiger partial charge in [-0.15, -0.1) is 0 Å². The maximum Gasteiger partial charge on any atom is 0.246 e. The maximum atomic E-state index is 12.3. The van der Waals surface area contributed by atoms with Gasteiger partial charge in [0.05, 0.1) is 18.2 Å². The lowest BCUT2D eigenvalue weighted by Crippen LogP contribution is -2.22. The molecule has 40 heavy (non-hydrogen) atoms. The summed E-state index contributed by atoms with van der Waals surface area (Å²) in [5.74, 6) is 1.87. The number of methoxy groups -OCH3 is 1. The molecule has 0 radical (unpaired) electrons. The Hall–Kier alpha value is -5.18. The van der Waals surface area contributed by atoms with E-state index in [-0.39, 0.29) is 5.91 Å². The Balaban J connectivity index is 1.50. The molecule has 0 unspecified atom stereocenters. The van der Waals surface area contributed by atoms with Gasteiger partial charge in [-0.25, -0.2) is 15.0 Å². The van der Waals surface area contributed by atoms with Gasteiger partial charge < -0.3 is 24.7 Å². The van der Waals surface area contributed by atoms with E-state index >= 15 is 0 Å². The number of fused-ring (bicyclic) bond motifs is 2. The molecule has 200 valence electrons. The quantitative estimate of drug-likeness (QED) is 0.291. The average Bonchev–Trinajstić information content (AvgIpc) is 3.52. The summed E-state index contributed by atoms with van der Waals surface area (Å²) in [6.07, 6.45) is 2.82. The maximum absolute atomic E-state index is 12.3. The molecule has 5 aromatic rings. The number of anilines is 1. The van der Waals surface area contributed by atoms with E-state index in [1.54, 1.807) is 18.1 Å². The minimum absolute atomic E-state index is 0.0821. The van der Waals surface area contributed by atoms with Gasteiger partial charge in [-0.05, 0) is 59.5 Å². The van der Waals surface area contributed by atoms with Gasteiger partial charge >= 0.3 is 0 Å². The molecule has 0 saturated heterocycles. The molecule has 6 rings (SSSR count). The number of carbonyl (C=O) groups excluding carboxylic acids is 1. The van der Waals surface area contributed by atoms with Gasteiger partial charge in [0, 0.05) is 37.5 Å². The highest BCUT2D eigenvalue weighted by Crippen LogP contribution is 2.45. The van der Waals surface area contributed by atoms with Crippen LogP contribution >= 0.6 is 0 Å². The Morgan fingerprint density at radius 2 is 1.82 bits per heavy atom. The monoisotopic (exact) mass is 532 g/mol. The predicted octanol–water partition coefficient (Wildman–Crippen LogP) is 5.42. The number of nitrogens with zero attached hydrogens (tertiary/aromatic N) is 5. The second-order valence-corrected chi connectivity index (χ2v) is 9.71. The van der Waals surface area contributed by atoms with Crippen LogP contribution in [0.15, 0.2) is 73.6 Å². The highest BCUT2D eigenvalue weighted by Gasteiger charge is 2.26. The van der Waals surface area contributed by atoms with Gasteiger partial charge in [0.2, 0.25) is 11.8 Å². The largest absolute Gasteiger partial charge is 0.493 e. The minimum atomic E-state index is -0.0821. The van der Waals surface area contributed by atoms with Gasteiger partial charge in [0.1, 0.15) is 17.8 Å². The minimum Gasteiger partial charge on any atom is -0.493 e. The molecule has 2 N–H and O–H groups in total. The van der Waals surface area contributed by atoms with Crippen LogP contribution in [0, 0.1) is 6.92 Å². The van der Waals surface area contributed by atoms with Crippen LogP contribution in [0.3, 0.4) is 0 Å². The number of ether oxygens (including phenoxy) is 2. The molecule has 4 heterocycles. The molecule has 9 heteroatoms. The van der Waals surface area contributed by atoms with Crippen molar-refractivity contribution >= 4 is 22.8 Å². The molecule has 1 aliphatic heterocycles. The second-order valence-electron chi connectivity index (χ2n) is 9.71. The fourth-order valence-electron chi connectivity index (χ4n) is 5.32. The summed E-state index contributed by atoms with van der Waals surface area (Å²) in [6, 6.07) is 17.6. The molecular formula is C31H28N6O3. The van der Waals surface area contributed by atoms with Crippen molar-refractivity contribution in [2.24, 2.45) is 7.05 Å². The topological polar surface area (TPSA) is 108 Å². The molecule has 3 aromatic heterocycles. The summed E-state index contributed by atoms with van der Waals surface area (Å²) in [6.45, 7) is 6.63. The van der Waals surface area contributed by atoms with E-state index in [4.69, 9.17) is 15.2 Å². The smallest absolute Gasteiger partial charge is 0.246 e. The third-order valence-corrected chi connectivity index (χ3v) is 7.21. The van der Waals surface area contributed by atoms with E-state index in [1.807, 2.05) is 48.9 Å². The molecular weight excluding hydrogens is 504 g/mol. The number of aromatic nitrogens is 4. The molecule has 0 fully saturated rings. The third kappa shape index (κ3) is 4.21. The van der Waals surface area contributed by atoms with Crippen molar-refractivity contribution in [3.05, 3.63) is 90.4 Å². The Bertz CT molecular complexity index is 1810. The van der Waals surface area contributed by atoms with E-state index in [0.717, 1.165) is 44.6 Å². The van der Waals surface area contributed by atoms with Crippen molar-refractivity contribution in [2.45, 2.75) is 20.0 Å². The molecule has 2 aromatic carbocycles. The standard InChI is InChI=1S/C31H28N6O3/c1-5-26(38)37-15-21-10-9-20(13-22(21)16-37)29-27(28-30(32)33-17-34-31(28)36(29)3)19-11-12-23(24(14-19)39-4)40-25-8-6-7-18(2)35-25/h5-14,17H,1,15-16H2,2-4H3,(H2,32,33,34). The van der Waals surface area contributed by atoms with Crippen LogP contribution in [0.4, 0.5) is 5.82 Å². The summed E-state index contributed by atoms with van der Waals surface area (Å²) < 4.78 is 13.8. The molecule has 0 aliphatic carbocycles. The predicted molar refractivity (Wildman–Crippen MR) is 154 cm³/mol. The normalized spacial score (nSPS) is 12.4. The molecule has 0 bridgehead atoms. The Kier molecular flexibility index (Phi) is 6.18. The van der Waals surface area contributed by atoms with Crippen LogP contribution in [-0.4, -0.2) is 37.4 Å². The fourth-order valence-corrected chi connectivity index (χ4v) is 5.32. The number of hydrogen-bond acceptors (Lipinski definition) is 7. The first-order valence-electron chi connectivity index (χ1n) is 12.8. The zero-order valence-corrected chi connectivity index (χ0v) is 22.5. The van der Waals surface area contributed by atoms with Crippen molar-refractivity contribution in [3.8, 4) is 39.8 Å². The number of rotatable bonds is 6. The number of pyridine rings is 1. The molecule has 0 atom stereocenters. The first-order valence-corrected chi connectivity index (χ1v) is 12.8. The highest BCUT2D eigenvalue weighted by atomic mass is 16.5. The van der Waals surface area contributed by atoms with Crippen molar-refractivity contribution in [3.63, 3.8) is 0 Å². The lowest BCUT2D eigenvalue weighted by Gasteiger charge is -2.14. The number of benzene rings is 2. The van der Waals surface area contributed by atoms with E-state index in [1.165, 1.54) is 12.4 Å². The van der Waals surface area contributed by atoms with Crippen LogP contribution in [-0.2, 0) is 24.9 Å². The van der Waals surface area contributed by atoms with Crippen LogP contribution in [0.5, 0.6) is 17.4 Å². The number of amides is 1. The fraction of sp³-hybridized carbons (Fsp3) is 0.161. The van der Waals surface area contributed by atoms with E-state index < -0.39 is 0 Å². The second kappa shape index (κ2) is 9.85. The lowest BCUT2D eigenvalue weighted by atomic mass is 9.96. The van der Waals surface area contributed by atoms with E-state index in [2.05, 4.69) is 39.7 Å². The highest BCUT2D eigenvalue weighted by molar-refractivity contribution is 6.08. The van der Waals surface area contributed by atoms with Crippen molar-refractivity contribution in [1.82, 2.24) is 24.4 Å². The van der Waals surface area contributed by atoms with Crippen molar-refractivity contribution in [1.29, 1.82) is 0 Å². The van der Waals surface area contributed by atoms with E-state index in [0.29, 0.717) is 41.9 Å². The van der Waals surface area contributed by atoms with Gasteiger partial charge in [-0.1, -0.05) is 30.8 Å². The third-order valence-electron chi connectivity index (χ3n) is 7.21. The Morgan fingerprint density at radius 3 is 2.60 bits per heavy atom. The molecule has 1 aliphatic rings. The van der Waals surface area contributed by atoms with Crippen LogP contribution in [0.2, 0.25) is 0 Å². The SMILES string of the molecule is C=CC(=O)N1Cc2ccc(-c3c(-c4ccc(Oc5cccc(C)n5)c(OC)c4)c4c(N)ncnc4n3C)cc2C1. The Morgan fingerprint density at radius 1 is 1.02 bits per heavy atom. The Labute approximate surface area is 231 Å². The summed E-state index contributed by atoms with van der Waals surface area (Å²) in [7, 11) is 3.57. The summed E-state index contributed by atoms with van der Waals surface area (Å²) in [4.78, 5) is 27.3. The first-order chi connectivity index (χ1) is 19.4. The van der Waals surface area contributed by atoms with Crippen LogP contribution < -0.4 is 15.2 Å². The number of carbonyl (C=O) groups is 1. The molecule has 9 nitrogen and oxygen atoms in total. The van der Waals surface area contributed by atoms with Crippen LogP contribution in [0.1, 0.15) is 16.8 Å². The number of aryl methyl sites for hydroxylation is 2. The summed E-state index contributed by atoms with van der Waals surface area (Å²) in [5.41, 5.74) is 13.9. The van der Waals surface area contributed by atoms with Gasteiger partial charge in [-0.3, -0.25) is 4.79 Å². The number of nitrogens with two attached hydrogens (primary N) is 1. The molecule has 1 amide bonds. The summed E-state index contributed by atoms with van der Waals surface area (Å²) >= 11 is 0.